The maximum absolute atomic E-state index is 2.48. The van der Waals surface area contributed by atoms with Crippen molar-refractivity contribution < 1.29 is 0 Å². The molecule has 12 rings (SSSR count). The van der Waals surface area contributed by atoms with Gasteiger partial charge in [-0.05, 0) is 127 Å². The number of aromatic nitrogens is 1. The summed E-state index contributed by atoms with van der Waals surface area (Å²) in [7, 11) is 0. The lowest BCUT2D eigenvalue weighted by Crippen LogP contribution is -2.15. The van der Waals surface area contributed by atoms with E-state index in [1.807, 2.05) is 0 Å². The summed E-state index contributed by atoms with van der Waals surface area (Å²) >= 11 is 0. The molecule has 61 heavy (non-hydrogen) atoms. The molecule has 1 aliphatic rings. The number of rotatable bonds is 6. The van der Waals surface area contributed by atoms with E-state index in [9.17, 15) is 0 Å². The molecule has 11 aromatic rings. The van der Waals surface area contributed by atoms with Gasteiger partial charge >= 0.3 is 0 Å². The molecule has 2 nitrogen and oxygen atoms in total. The smallest absolute Gasteiger partial charge is 0.0547 e. The van der Waals surface area contributed by atoms with Crippen LogP contribution >= 0.6 is 0 Å². The van der Waals surface area contributed by atoms with Crippen LogP contribution in [0, 0.1) is 0 Å². The third kappa shape index (κ3) is 5.56. The quantitative estimate of drug-likeness (QED) is 0.163. The number of nitrogens with zero attached hydrogens (tertiary/aromatic N) is 2. The van der Waals surface area contributed by atoms with Crippen LogP contribution in [-0.4, -0.2) is 4.57 Å². The molecule has 0 saturated heterocycles. The number of hydrogen-bond donors (Lipinski definition) is 0. The molecule has 0 atom stereocenters. The molecule has 0 saturated carbocycles. The number of para-hydroxylation sites is 1. The van der Waals surface area contributed by atoms with E-state index < -0.39 is 0 Å². The molecular formula is C59H42N2. The highest BCUT2D eigenvalue weighted by Gasteiger charge is 2.36. The first kappa shape index (κ1) is 35.3. The molecule has 0 N–H and O–H groups in total. The summed E-state index contributed by atoms with van der Waals surface area (Å²) in [6, 6.07) is 80.2. The molecule has 10 aromatic carbocycles. The highest BCUT2D eigenvalue weighted by molar-refractivity contribution is 6.16. The molecule has 1 heterocycles. The van der Waals surface area contributed by atoms with Gasteiger partial charge < -0.3 is 9.47 Å². The lowest BCUT2D eigenvalue weighted by Gasteiger charge is -2.27. The van der Waals surface area contributed by atoms with Crippen LogP contribution in [0.4, 0.5) is 17.1 Å². The highest BCUT2D eigenvalue weighted by atomic mass is 15.1. The van der Waals surface area contributed by atoms with Crippen molar-refractivity contribution in [2.45, 2.75) is 19.3 Å². The van der Waals surface area contributed by atoms with E-state index in [4.69, 9.17) is 0 Å². The van der Waals surface area contributed by atoms with E-state index >= 15 is 0 Å². The summed E-state index contributed by atoms with van der Waals surface area (Å²) in [4.78, 5) is 2.39. The van der Waals surface area contributed by atoms with Crippen molar-refractivity contribution in [1.82, 2.24) is 4.57 Å². The Morgan fingerprint density at radius 3 is 1.75 bits per heavy atom. The minimum atomic E-state index is -0.103. The zero-order valence-electron chi connectivity index (χ0n) is 34.2. The summed E-state index contributed by atoms with van der Waals surface area (Å²) in [5.74, 6) is 0. The third-order valence-corrected chi connectivity index (χ3v) is 13.1. The minimum Gasteiger partial charge on any atom is -0.310 e. The number of fused-ring (bicyclic) bond motifs is 9. The fourth-order valence-electron chi connectivity index (χ4n) is 10.2. The first-order valence-corrected chi connectivity index (χ1v) is 21.3. The summed E-state index contributed by atoms with van der Waals surface area (Å²) in [5, 5.41) is 7.56. The van der Waals surface area contributed by atoms with Gasteiger partial charge in [-0.2, -0.15) is 0 Å². The fraction of sp³-hybridized carbons (Fsp3) is 0.0508. The Hall–Kier alpha value is -7.68. The minimum absolute atomic E-state index is 0.103. The van der Waals surface area contributed by atoms with Crippen LogP contribution in [0.3, 0.4) is 0 Å². The van der Waals surface area contributed by atoms with Crippen molar-refractivity contribution in [3.8, 4) is 39.1 Å². The van der Waals surface area contributed by atoms with Gasteiger partial charge in [0, 0.05) is 38.6 Å². The van der Waals surface area contributed by atoms with Gasteiger partial charge in [-0.15, -0.1) is 0 Å². The maximum atomic E-state index is 2.48. The average Bonchev–Trinajstić information content (AvgIpc) is 3.76. The summed E-state index contributed by atoms with van der Waals surface area (Å²) in [6.07, 6.45) is 0. The standard InChI is InChI=1S/C59H42N2/c1-59(2)54-22-12-11-21-49(54)50-34-28-44-37-57-53(38-51(44)58(50)59)52-36-43(29-35-56(52)61(57)45-18-7-4-8-19-45)41-26-32-47(33-27-41)60(55-23-13-17-42-16-9-10-20-48(42)55)46-30-24-40(25-31-46)39-14-5-3-6-15-39/h3-38H,1-2H3. The molecule has 0 bridgehead atoms. The second-order valence-electron chi connectivity index (χ2n) is 16.9. The molecule has 1 aromatic heterocycles. The van der Waals surface area contributed by atoms with Crippen molar-refractivity contribution in [2.24, 2.45) is 0 Å². The van der Waals surface area contributed by atoms with E-state index in [2.05, 4.69) is 242 Å². The van der Waals surface area contributed by atoms with Crippen LogP contribution in [0.2, 0.25) is 0 Å². The van der Waals surface area contributed by atoms with Crippen molar-refractivity contribution >= 4 is 60.4 Å². The topological polar surface area (TPSA) is 8.17 Å². The first-order chi connectivity index (χ1) is 30.0. The van der Waals surface area contributed by atoms with Gasteiger partial charge in [0.05, 0.1) is 16.7 Å². The Kier molecular flexibility index (Phi) is 7.92. The van der Waals surface area contributed by atoms with Crippen molar-refractivity contribution in [3.05, 3.63) is 230 Å². The zero-order valence-corrected chi connectivity index (χ0v) is 34.2. The second-order valence-corrected chi connectivity index (χ2v) is 16.9. The van der Waals surface area contributed by atoms with Crippen LogP contribution in [0.1, 0.15) is 25.0 Å². The Morgan fingerprint density at radius 2 is 0.984 bits per heavy atom. The van der Waals surface area contributed by atoms with Crippen molar-refractivity contribution in [2.75, 3.05) is 4.90 Å². The van der Waals surface area contributed by atoms with Crippen molar-refractivity contribution in [1.29, 1.82) is 0 Å². The average molecular weight is 779 g/mol. The fourth-order valence-corrected chi connectivity index (χ4v) is 10.2. The van der Waals surface area contributed by atoms with Gasteiger partial charge in [0.1, 0.15) is 0 Å². The molecule has 0 radical (unpaired) electrons. The molecule has 0 spiro atoms. The monoisotopic (exact) mass is 778 g/mol. The summed E-state index contributed by atoms with van der Waals surface area (Å²) in [5.41, 5.74) is 17.2. The molecule has 0 aliphatic heterocycles. The molecule has 2 heteroatoms. The van der Waals surface area contributed by atoms with E-state index in [0.717, 1.165) is 22.7 Å². The SMILES string of the molecule is CC1(C)c2ccccc2-c2ccc3cc4c(cc3c21)c1cc(-c2ccc(N(c3ccc(-c5ccccc5)cc3)c3cccc5ccccc35)cc2)ccc1n4-c1ccccc1. The van der Waals surface area contributed by atoms with Gasteiger partial charge in [-0.1, -0.05) is 166 Å². The van der Waals surface area contributed by atoms with Crippen LogP contribution in [0.5, 0.6) is 0 Å². The molecule has 1 aliphatic carbocycles. The van der Waals surface area contributed by atoms with Crippen LogP contribution in [-0.2, 0) is 5.41 Å². The van der Waals surface area contributed by atoms with E-state index in [-0.39, 0.29) is 5.41 Å². The zero-order chi connectivity index (χ0) is 40.7. The van der Waals surface area contributed by atoms with Gasteiger partial charge in [-0.3, -0.25) is 0 Å². The highest BCUT2D eigenvalue weighted by Crippen LogP contribution is 2.52. The Morgan fingerprint density at radius 1 is 0.377 bits per heavy atom. The lowest BCUT2D eigenvalue weighted by molar-refractivity contribution is 0.666. The molecular weight excluding hydrogens is 737 g/mol. The van der Waals surface area contributed by atoms with Crippen LogP contribution in [0.25, 0.3) is 82.4 Å². The molecule has 0 unspecified atom stereocenters. The van der Waals surface area contributed by atoms with Crippen molar-refractivity contribution in [3.63, 3.8) is 0 Å². The van der Waals surface area contributed by atoms with Gasteiger partial charge in [0.2, 0.25) is 0 Å². The third-order valence-electron chi connectivity index (χ3n) is 13.1. The van der Waals surface area contributed by atoms with Gasteiger partial charge in [0.15, 0.2) is 0 Å². The number of benzene rings is 10. The Balaban J connectivity index is 1.01. The normalized spacial score (nSPS) is 12.9. The summed E-state index contributed by atoms with van der Waals surface area (Å²) < 4.78 is 2.44. The number of hydrogen-bond acceptors (Lipinski definition) is 1. The Labute approximate surface area is 356 Å². The Bertz CT molecular complexity index is 3460. The lowest BCUT2D eigenvalue weighted by atomic mass is 9.80. The second kappa shape index (κ2) is 13.7. The van der Waals surface area contributed by atoms with Crippen LogP contribution in [0.15, 0.2) is 218 Å². The molecule has 0 amide bonds. The van der Waals surface area contributed by atoms with E-state index in [0.29, 0.717) is 0 Å². The molecule has 0 fully saturated rings. The molecule has 288 valence electrons. The van der Waals surface area contributed by atoms with E-state index in [1.54, 1.807) is 0 Å². The predicted octanol–water partition coefficient (Wildman–Crippen LogP) is 16.2. The predicted molar refractivity (Wildman–Crippen MR) is 259 cm³/mol. The van der Waals surface area contributed by atoms with Gasteiger partial charge in [0.25, 0.3) is 0 Å². The largest absolute Gasteiger partial charge is 0.310 e. The number of anilines is 3. The first-order valence-electron chi connectivity index (χ1n) is 21.3. The van der Waals surface area contributed by atoms with Crippen LogP contribution < -0.4 is 4.90 Å². The summed E-state index contributed by atoms with van der Waals surface area (Å²) in [6.45, 7) is 4.77. The van der Waals surface area contributed by atoms with E-state index in [1.165, 1.54) is 87.9 Å². The maximum Gasteiger partial charge on any atom is 0.0547 e. The van der Waals surface area contributed by atoms with Gasteiger partial charge in [-0.25, -0.2) is 0 Å².